The second kappa shape index (κ2) is 10.5. The second-order valence-corrected chi connectivity index (χ2v) is 9.12. The molecule has 0 spiro atoms. The third-order valence-electron chi connectivity index (χ3n) is 3.99. The molecule has 148 valence electrons. The van der Waals surface area contributed by atoms with Crippen molar-refractivity contribution in [2.75, 3.05) is 17.8 Å². The molecule has 0 radical (unpaired) electrons. The lowest BCUT2D eigenvalue weighted by Gasteiger charge is -2.18. The number of carbonyl (C=O) groups is 1. The molecule has 1 aromatic carbocycles. The molecule has 1 unspecified atom stereocenters. The van der Waals surface area contributed by atoms with Gasteiger partial charge < -0.3 is 5.32 Å². The number of amides is 1. The van der Waals surface area contributed by atoms with E-state index in [2.05, 4.69) is 15.1 Å². The van der Waals surface area contributed by atoms with E-state index in [4.69, 9.17) is 0 Å². The normalized spacial score (nSPS) is 12.7. The standard InChI is InChI=1S/C18H26N4O3S2/c1-3-27(24,25)21-17(8-11-26-2)18(23)19-13-15-6-4-7-16(12-15)14-22-10-5-9-20-22/h4-7,9-10,12,17,21H,3,8,11,13-14H2,1-2H3,(H,19,23). The Labute approximate surface area is 165 Å². The molecule has 9 heteroatoms. The number of benzene rings is 1. The van der Waals surface area contributed by atoms with Crippen molar-refractivity contribution in [2.45, 2.75) is 32.5 Å². The minimum absolute atomic E-state index is 0.0501. The highest BCUT2D eigenvalue weighted by molar-refractivity contribution is 7.98. The molecule has 0 aliphatic heterocycles. The van der Waals surface area contributed by atoms with E-state index in [1.807, 2.05) is 47.5 Å². The summed E-state index contributed by atoms with van der Waals surface area (Å²) >= 11 is 1.58. The molecule has 1 aromatic heterocycles. The van der Waals surface area contributed by atoms with Crippen molar-refractivity contribution in [3.05, 3.63) is 53.9 Å². The third kappa shape index (κ3) is 7.36. The van der Waals surface area contributed by atoms with Gasteiger partial charge in [0.1, 0.15) is 6.04 Å². The number of thioether (sulfide) groups is 1. The highest BCUT2D eigenvalue weighted by Gasteiger charge is 2.22. The van der Waals surface area contributed by atoms with Crippen LogP contribution in [-0.2, 0) is 27.9 Å². The fraction of sp³-hybridized carbons (Fsp3) is 0.444. The SMILES string of the molecule is CCS(=O)(=O)NC(CCSC)C(=O)NCc1cccc(Cn2cccn2)c1. The van der Waals surface area contributed by atoms with E-state index in [-0.39, 0.29) is 11.7 Å². The van der Waals surface area contributed by atoms with Gasteiger partial charge in [0.2, 0.25) is 15.9 Å². The molecule has 7 nitrogen and oxygen atoms in total. The monoisotopic (exact) mass is 410 g/mol. The topological polar surface area (TPSA) is 93.1 Å². The summed E-state index contributed by atoms with van der Waals surface area (Å²) < 4.78 is 28.0. The minimum Gasteiger partial charge on any atom is -0.351 e. The van der Waals surface area contributed by atoms with Gasteiger partial charge in [-0.1, -0.05) is 24.3 Å². The van der Waals surface area contributed by atoms with Gasteiger partial charge in [0.05, 0.1) is 12.3 Å². The first-order valence-electron chi connectivity index (χ1n) is 8.75. The van der Waals surface area contributed by atoms with E-state index in [1.165, 1.54) is 0 Å². The molecule has 0 saturated carbocycles. The quantitative estimate of drug-likeness (QED) is 0.587. The molecule has 0 fully saturated rings. The lowest BCUT2D eigenvalue weighted by atomic mass is 10.1. The van der Waals surface area contributed by atoms with E-state index in [0.717, 1.165) is 11.1 Å². The first-order chi connectivity index (χ1) is 12.9. The van der Waals surface area contributed by atoms with Crippen molar-refractivity contribution in [3.8, 4) is 0 Å². The van der Waals surface area contributed by atoms with E-state index < -0.39 is 16.1 Å². The summed E-state index contributed by atoms with van der Waals surface area (Å²) in [4.78, 5) is 12.5. The van der Waals surface area contributed by atoms with Crippen LogP contribution in [0.15, 0.2) is 42.7 Å². The van der Waals surface area contributed by atoms with Crippen LogP contribution in [0.25, 0.3) is 0 Å². The van der Waals surface area contributed by atoms with Crippen LogP contribution in [0, 0.1) is 0 Å². The van der Waals surface area contributed by atoms with E-state index >= 15 is 0 Å². The van der Waals surface area contributed by atoms with Crippen LogP contribution in [0.3, 0.4) is 0 Å². The Balaban J connectivity index is 1.97. The average Bonchev–Trinajstić information content (AvgIpc) is 3.16. The molecule has 1 atom stereocenters. The van der Waals surface area contributed by atoms with Gasteiger partial charge >= 0.3 is 0 Å². The molecule has 1 heterocycles. The van der Waals surface area contributed by atoms with Crippen molar-refractivity contribution < 1.29 is 13.2 Å². The summed E-state index contributed by atoms with van der Waals surface area (Å²) in [5.41, 5.74) is 2.03. The molecule has 2 N–H and O–H groups in total. The summed E-state index contributed by atoms with van der Waals surface area (Å²) in [5.74, 6) is 0.341. The Morgan fingerprint density at radius 1 is 1.30 bits per heavy atom. The highest BCUT2D eigenvalue weighted by atomic mass is 32.2. The number of carbonyl (C=O) groups excluding carboxylic acids is 1. The van der Waals surface area contributed by atoms with Gasteiger partial charge in [0.25, 0.3) is 0 Å². The van der Waals surface area contributed by atoms with Crippen LogP contribution in [-0.4, -0.2) is 47.9 Å². The largest absolute Gasteiger partial charge is 0.351 e. The third-order valence-corrected chi connectivity index (χ3v) is 6.04. The van der Waals surface area contributed by atoms with E-state index in [9.17, 15) is 13.2 Å². The maximum Gasteiger partial charge on any atom is 0.238 e. The molecule has 2 aromatic rings. The Morgan fingerprint density at radius 3 is 2.74 bits per heavy atom. The first-order valence-corrected chi connectivity index (χ1v) is 11.8. The summed E-state index contributed by atoms with van der Waals surface area (Å²) in [6.45, 7) is 2.55. The van der Waals surface area contributed by atoms with Gasteiger partial charge in [-0.25, -0.2) is 13.1 Å². The lowest BCUT2D eigenvalue weighted by Crippen LogP contribution is -2.47. The van der Waals surface area contributed by atoms with Gasteiger partial charge in [0, 0.05) is 18.9 Å². The Bertz CT molecular complexity index is 823. The van der Waals surface area contributed by atoms with Crippen LogP contribution in [0.1, 0.15) is 24.5 Å². The second-order valence-electron chi connectivity index (χ2n) is 6.10. The predicted octanol–water partition coefficient (Wildman–Crippen LogP) is 1.61. The fourth-order valence-corrected chi connectivity index (χ4v) is 3.81. The van der Waals surface area contributed by atoms with Crippen molar-refractivity contribution in [1.29, 1.82) is 0 Å². The van der Waals surface area contributed by atoms with Crippen LogP contribution in [0.2, 0.25) is 0 Å². The van der Waals surface area contributed by atoms with Crippen LogP contribution in [0.5, 0.6) is 0 Å². The van der Waals surface area contributed by atoms with Crippen LogP contribution in [0.4, 0.5) is 0 Å². The Kier molecular flexibility index (Phi) is 8.33. The number of nitrogens with one attached hydrogen (secondary N) is 2. The zero-order valence-corrected chi connectivity index (χ0v) is 17.2. The van der Waals surface area contributed by atoms with Crippen LogP contribution >= 0.6 is 11.8 Å². The Morgan fingerprint density at radius 2 is 2.07 bits per heavy atom. The van der Waals surface area contributed by atoms with Crippen molar-refractivity contribution in [1.82, 2.24) is 19.8 Å². The molecule has 0 saturated heterocycles. The van der Waals surface area contributed by atoms with Gasteiger partial charge in [-0.05, 0) is 42.5 Å². The zero-order chi connectivity index (χ0) is 19.7. The molecular weight excluding hydrogens is 384 g/mol. The number of hydrogen-bond acceptors (Lipinski definition) is 5. The van der Waals surface area contributed by atoms with Gasteiger partial charge in [-0.15, -0.1) is 0 Å². The Hall–Kier alpha value is -1.84. The van der Waals surface area contributed by atoms with E-state index in [1.54, 1.807) is 24.9 Å². The minimum atomic E-state index is -3.44. The van der Waals surface area contributed by atoms with Crippen molar-refractivity contribution >= 4 is 27.7 Å². The van der Waals surface area contributed by atoms with Crippen molar-refractivity contribution in [2.24, 2.45) is 0 Å². The summed E-state index contributed by atoms with van der Waals surface area (Å²) in [6.07, 6.45) is 6.00. The summed E-state index contributed by atoms with van der Waals surface area (Å²) in [5, 5.41) is 7.03. The number of nitrogens with zero attached hydrogens (tertiary/aromatic N) is 2. The summed E-state index contributed by atoms with van der Waals surface area (Å²) in [6, 6.07) is 9.00. The molecule has 0 bridgehead atoms. The smallest absolute Gasteiger partial charge is 0.238 e. The van der Waals surface area contributed by atoms with Gasteiger partial charge in [-0.2, -0.15) is 16.9 Å². The molecule has 1 amide bonds. The molecule has 0 aliphatic carbocycles. The molecule has 27 heavy (non-hydrogen) atoms. The molecular formula is C18H26N4O3S2. The molecule has 2 rings (SSSR count). The number of aromatic nitrogens is 2. The van der Waals surface area contributed by atoms with Crippen molar-refractivity contribution in [3.63, 3.8) is 0 Å². The van der Waals surface area contributed by atoms with E-state index in [0.29, 0.717) is 25.3 Å². The average molecular weight is 411 g/mol. The first kappa shape index (κ1) is 21.5. The number of sulfonamides is 1. The van der Waals surface area contributed by atoms with Gasteiger partial charge in [-0.3, -0.25) is 9.48 Å². The zero-order valence-electron chi connectivity index (χ0n) is 15.6. The number of rotatable bonds is 11. The van der Waals surface area contributed by atoms with Gasteiger partial charge in [0.15, 0.2) is 0 Å². The summed E-state index contributed by atoms with van der Waals surface area (Å²) in [7, 11) is -3.44. The van der Waals surface area contributed by atoms with Crippen LogP contribution < -0.4 is 10.0 Å². The maximum atomic E-state index is 12.5. The maximum absolute atomic E-state index is 12.5. The predicted molar refractivity (Wildman–Crippen MR) is 109 cm³/mol. The highest BCUT2D eigenvalue weighted by Crippen LogP contribution is 2.08. The fourth-order valence-electron chi connectivity index (χ4n) is 2.51. The number of hydrogen-bond donors (Lipinski definition) is 2. The lowest BCUT2D eigenvalue weighted by molar-refractivity contribution is -0.122. The molecule has 0 aliphatic rings.